The summed E-state index contributed by atoms with van der Waals surface area (Å²) in [5.41, 5.74) is 0. The quantitative estimate of drug-likeness (QED) is 0.750. The van der Waals surface area contributed by atoms with E-state index in [2.05, 4.69) is 15.3 Å². The van der Waals surface area contributed by atoms with Gasteiger partial charge >= 0.3 is 0 Å². The minimum atomic E-state index is -2.47. The minimum Gasteiger partial charge on any atom is -0.395 e. The summed E-state index contributed by atoms with van der Waals surface area (Å²) >= 11 is 0. The molecule has 96 valence electrons. The standard InChI is InChI=1S/C10H16F2N4O/c1-2-13-9-5-10(15-7-14-9)16(3-4-17)6-8(11)12/h5,7-8,17H,2-4,6H2,1H3,(H,13,14,15). The van der Waals surface area contributed by atoms with Crippen molar-refractivity contribution in [3.63, 3.8) is 0 Å². The van der Waals surface area contributed by atoms with Crippen molar-refractivity contribution in [3.05, 3.63) is 12.4 Å². The molecule has 2 N–H and O–H groups in total. The number of hydrogen-bond acceptors (Lipinski definition) is 5. The van der Waals surface area contributed by atoms with Crippen molar-refractivity contribution in [1.29, 1.82) is 0 Å². The molecule has 0 aliphatic heterocycles. The van der Waals surface area contributed by atoms with Gasteiger partial charge in [-0.15, -0.1) is 0 Å². The number of alkyl halides is 2. The van der Waals surface area contributed by atoms with E-state index in [1.54, 1.807) is 6.07 Å². The third kappa shape index (κ3) is 4.48. The molecule has 0 saturated carbocycles. The predicted molar refractivity (Wildman–Crippen MR) is 61.5 cm³/mol. The average Bonchev–Trinajstić information content (AvgIpc) is 2.29. The fourth-order valence-corrected chi connectivity index (χ4v) is 1.38. The van der Waals surface area contributed by atoms with Crippen molar-refractivity contribution < 1.29 is 13.9 Å². The lowest BCUT2D eigenvalue weighted by Crippen LogP contribution is -2.32. The van der Waals surface area contributed by atoms with Gasteiger partial charge in [0.2, 0.25) is 0 Å². The highest BCUT2D eigenvalue weighted by Crippen LogP contribution is 2.14. The molecule has 0 aliphatic rings. The second kappa shape index (κ2) is 6.95. The lowest BCUT2D eigenvalue weighted by molar-refractivity contribution is 0.152. The van der Waals surface area contributed by atoms with Crippen molar-refractivity contribution in [2.45, 2.75) is 13.3 Å². The second-order valence-corrected chi connectivity index (χ2v) is 3.35. The van der Waals surface area contributed by atoms with Crippen molar-refractivity contribution in [2.75, 3.05) is 36.5 Å². The monoisotopic (exact) mass is 246 g/mol. The molecule has 5 nitrogen and oxygen atoms in total. The highest BCUT2D eigenvalue weighted by Gasteiger charge is 2.14. The van der Waals surface area contributed by atoms with Gasteiger partial charge in [-0.05, 0) is 6.92 Å². The number of hydrogen-bond donors (Lipinski definition) is 2. The van der Waals surface area contributed by atoms with Crippen molar-refractivity contribution in [2.24, 2.45) is 0 Å². The Morgan fingerprint density at radius 2 is 2.24 bits per heavy atom. The molecular formula is C10H16F2N4O. The third-order valence-electron chi connectivity index (χ3n) is 2.06. The first-order valence-corrected chi connectivity index (χ1v) is 5.37. The van der Waals surface area contributed by atoms with E-state index in [0.717, 1.165) is 0 Å². The highest BCUT2D eigenvalue weighted by molar-refractivity contribution is 5.48. The summed E-state index contributed by atoms with van der Waals surface area (Å²) in [6.45, 7) is 2.06. The molecule has 0 atom stereocenters. The number of halogens is 2. The van der Waals surface area contributed by atoms with E-state index in [1.165, 1.54) is 11.2 Å². The number of nitrogens with one attached hydrogen (secondary N) is 1. The zero-order valence-electron chi connectivity index (χ0n) is 9.61. The first-order chi connectivity index (χ1) is 8.17. The summed E-state index contributed by atoms with van der Waals surface area (Å²) in [5.74, 6) is 0.958. The van der Waals surface area contributed by atoms with E-state index in [4.69, 9.17) is 5.11 Å². The highest BCUT2D eigenvalue weighted by atomic mass is 19.3. The van der Waals surface area contributed by atoms with E-state index < -0.39 is 13.0 Å². The number of anilines is 2. The number of rotatable bonds is 7. The van der Waals surface area contributed by atoms with Crippen LogP contribution in [0.25, 0.3) is 0 Å². The Labute approximate surface area is 98.5 Å². The molecule has 1 aromatic rings. The summed E-state index contributed by atoms with van der Waals surface area (Å²) in [7, 11) is 0. The summed E-state index contributed by atoms with van der Waals surface area (Å²) in [6.07, 6.45) is -1.16. The molecule has 0 unspecified atom stereocenters. The number of aromatic nitrogens is 2. The number of aliphatic hydroxyl groups is 1. The Morgan fingerprint density at radius 3 is 2.82 bits per heavy atom. The normalized spacial score (nSPS) is 10.6. The molecule has 7 heteroatoms. The summed E-state index contributed by atoms with van der Waals surface area (Å²) < 4.78 is 24.7. The number of aliphatic hydroxyl groups excluding tert-OH is 1. The molecule has 1 heterocycles. The van der Waals surface area contributed by atoms with Gasteiger partial charge in [0, 0.05) is 19.2 Å². The van der Waals surface area contributed by atoms with Crippen LogP contribution >= 0.6 is 0 Å². The van der Waals surface area contributed by atoms with Gasteiger partial charge in [0.1, 0.15) is 18.0 Å². The Kier molecular flexibility index (Phi) is 5.55. The maximum absolute atomic E-state index is 12.4. The van der Waals surface area contributed by atoms with Gasteiger partial charge in [0.25, 0.3) is 6.43 Å². The zero-order valence-corrected chi connectivity index (χ0v) is 9.61. The first-order valence-electron chi connectivity index (χ1n) is 5.37. The molecule has 0 bridgehead atoms. The van der Waals surface area contributed by atoms with Gasteiger partial charge in [-0.3, -0.25) is 0 Å². The van der Waals surface area contributed by atoms with Gasteiger partial charge in [-0.25, -0.2) is 18.7 Å². The number of nitrogens with zero attached hydrogens (tertiary/aromatic N) is 3. The van der Waals surface area contributed by atoms with E-state index >= 15 is 0 Å². The molecule has 0 aromatic carbocycles. The van der Waals surface area contributed by atoms with Gasteiger partial charge < -0.3 is 15.3 Å². The Balaban J connectivity index is 2.81. The average molecular weight is 246 g/mol. The molecule has 0 spiro atoms. The minimum absolute atomic E-state index is 0.118. The van der Waals surface area contributed by atoms with Crippen LogP contribution in [0.3, 0.4) is 0 Å². The molecule has 1 rings (SSSR count). The van der Waals surface area contributed by atoms with Crippen molar-refractivity contribution in [3.8, 4) is 0 Å². The van der Waals surface area contributed by atoms with Crippen LogP contribution < -0.4 is 10.2 Å². The van der Waals surface area contributed by atoms with Crippen LogP contribution in [0.15, 0.2) is 12.4 Å². The largest absolute Gasteiger partial charge is 0.395 e. The van der Waals surface area contributed by atoms with Crippen LogP contribution in [0.2, 0.25) is 0 Å². The summed E-state index contributed by atoms with van der Waals surface area (Å²) in [6, 6.07) is 1.58. The van der Waals surface area contributed by atoms with Crippen LogP contribution in [0, 0.1) is 0 Å². The van der Waals surface area contributed by atoms with Crippen LogP contribution in [0.1, 0.15) is 6.92 Å². The van der Waals surface area contributed by atoms with Gasteiger partial charge in [-0.1, -0.05) is 0 Å². The molecule has 0 saturated heterocycles. The molecule has 0 aliphatic carbocycles. The Morgan fingerprint density at radius 1 is 1.47 bits per heavy atom. The van der Waals surface area contributed by atoms with E-state index in [0.29, 0.717) is 18.2 Å². The third-order valence-corrected chi connectivity index (χ3v) is 2.06. The second-order valence-electron chi connectivity index (χ2n) is 3.35. The van der Waals surface area contributed by atoms with Crippen molar-refractivity contribution >= 4 is 11.6 Å². The van der Waals surface area contributed by atoms with Crippen LogP contribution in [0.5, 0.6) is 0 Å². The Hall–Kier alpha value is -1.50. The lowest BCUT2D eigenvalue weighted by atomic mass is 10.4. The molecule has 0 amide bonds. The van der Waals surface area contributed by atoms with Gasteiger partial charge in [0.05, 0.1) is 13.2 Å². The smallest absolute Gasteiger partial charge is 0.255 e. The molecule has 17 heavy (non-hydrogen) atoms. The Bertz CT molecular complexity index is 338. The molecule has 0 fully saturated rings. The molecule has 1 aromatic heterocycles. The van der Waals surface area contributed by atoms with E-state index in [9.17, 15) is 8.78 Å². The fraction of sp³-hybridized carbons (Fsp3) is 0.600. The molecular weight excluding hydrogens is 230 g/mol. The first kappa shape index (κ1) is 13.6. The van der Waals surface area contributed by atoms with E-state index in [-0.39, 0.29) is 13.2 Å². The van der Waals surface area contributed by atoms with Gasteiger partial charge in [-0.2, -0.15) is 0 Å². The maximum atomic E-state index is 12.4. The summed E-state index contributed by atoms with van der Waals surface area (Å²) in [5, 5.41) is 11.8. The zero-order chi connectivity index (χ0) is 12.7. The fourth-order valence-electron chi connectivity index (χ4n) is 1.38. The lowest BCUT2D eigenvalue weighted by Gasteiger charge is -2.22. The summed E-state index contributed by atoms with van der Waals surface area (Å²) in [4.78, 5) is 9.20. The van der Waals surface area contributed by atoms with Crippen molar-refractivity contribution in [1.82, 2.24) is 9.97 Å². The predicted octanol–water partition coefficient (Wildman–Crippen LogP) is 0.972. The maximum Gasteiger partial charge on any atom is 0.255 e. The van der Waals surface area contributed by atoms with Crippen LogP contribution in [0.4, 0.5) is 20.4 Å². The molecule has 0 radical (unpaired) electrons. The SMILES string of the molecule is CCNc1cc(N(CCO)CC(F)F)ncn1. The van der Waals surface area contributed by atoms with E-state index in [1.807, 2.05) is 6.92 Å². The van der Waals surface area contributed by atoms with Gasteiger partial charge in [0.15, 0.2) is 0 Å². The van der Waals surface area contributed by atoms with Crippen LogP contribution in [-0.4, -0.2) is 47.7 Å². The van der Waals surface area contributed by atoms with Crippen LogP contribution in [-0.2, 0) is 0 Å². The topological polar surface area (TPSA) is 61.3 Å².